The minimum absolute atomic E-state index is 0.0643. The zero-order valence-corrected chi connectivity index (χ0v) is 8.25. The molecule has 0 spiro atoms. The minimum Gasteiger partial charge on any atom is -0.349 e. The Morgan fingerprint density at radius 2 is 2.31 bits per heavy atom. The second kappa shape index (κ2) is 6.13. The second-order valence-electron chi connectivity index (χ2n) is 3.31. The smallest absolute Gasteiger partial charge is 0.180 e. The average molecular weight is 186 g/mol. The molecule has 3 heteroatoms. The van der Waals surface area contributed by atoms with Gasteiger partial charge in [0.25, 0.3) is 0 Å². The van der Waals surface area contributed by atoms with Crippen molar-refractivity contribution >= 4 is 0 Å². The van der Waals surface area contributed by atoms with Crippen molar-refractivity contribution in [3.63, 3.8) is 0 Å². The fraction of sp³-hybridized carbons (Fsp3) is 0.800. The third-order valence-corrected chi connectivity index (χ3v) is 2.14. The Labute approximate surface area is 79.6 Å². The molecule has 1 saturated heterocycles. The molecule has 1 unspecified atom stereocenters. The highest BCUT2D eigenvalue weighted by atomic mass is 17.2. The second-order valence-corrected chi connectivity index (χ2v) is 3.31. The van der Waals surface area contributed by atoms with E-state index >= 15 is 0 Å². The van der Waals surface area contributed by atoms with Gasteiger partial charge in [-0.25, -0.2) is 9.78 Å². The van der Waals surface area contributed by atoms with Crippen LogP contribution in [0.3, 0.4) is 0 Å². The molecule has 0 saturated carbocycles. The Morgan fingerprint density at radius 1 is 1.46 bits per heavy atom. The number of ether oxygens (including phenoxy) is 1. The maximum absolute atomic E-state index is 5.10. The van der Waals surface area contributed by atoms with Crippen molar-refractivity contribution in [1.82, 2.24) is 0 Å². The van der Waals surface area contributed by atoms with E-state index in [-0.39, 0.29) is 12.9 Å². The Hall–Kier alpha value is -0.380. The molecule has 1 rings (SSSR count). The summed E-state index contributed by atoms with van der Waals surface area (Å²) in [6, 6.07) is 0. The maximum Gasteiger partial charge on any atom is 0.180 e. The first kappa shape index (κ1) is 10.7. The van der Waals surface area contributed by atoms with Crippen LogP contribution < -0.4 is 0 Å². The lowest BCUT2D eigenvalue weighted by molar-refractivity contribution is -0.395. The van der Waals surface area contributed by atoms with Crippen molar-refractivity contribution in [2.45, 2.75) is 38.7 Å². The van der Waals surface area contributed by atoms with E-state index in [2.05, 4.69) is 13.5 Å². The van der Waals surface area contributed by atoms with Crippen molar-refractivity contribution in [3.8, 4) is 0 Å². The van der Waals surface area contributed by atoms with Gasteiger partial charge in [0.1, 0.15) is 6.10 Å². The molecule has 13 heavy (non-hydrogen) atoms. The molecule has 0 aromatic rings. The normalized spacial score (nSPS) is 23.0. The van der Waals surface area contributed by atoms with Crippen LogP contribution in [0.2, 0.25) is 0 Å². The number of rotatable bonds is 5. The molecule has 3 nitrogen and oxygen atoms in total. The summed E-state index contributed by atoms with van der Waals surface area (Å²) in [5.41, 5.74) is 1.08. The van der Waals surface area contributed by atoms with Crippen molar-refractivity contribution in [2.24, 2.45) is 0 Å². The predicted molar refractivity (Wildman–Crippen MR) is 50.1 cm³/mol. The van der Waals surface area contributed by atoms with Gasteiger partial charge in [0, 0.05) is 0 Å². The monoisotopic (exact) mass is 186 g/mol. The topological polar surface area (TPSA) is 27.7 Å². The molecule has 1 heterocycles. The number of hydrogen-bond acceptors (Lipinski definition) is 3. The lowest BCUT2D eigenvalue weighted by atomic mass is 10.0. The van der Waals surface area contributed by atoms with Crippen LogP contribution in [0.4, 0.5) is 0 Å². The van der Waals surface area contributed by atoms with Crippen LogP contribution in [0.5, 0.6) is 0 Å². The first-order valence-corrected chi connectivity index (χ1v) is 4.88. The van der Waals surface area contributed by atoms with Crippen LogP contribution in [-0.4, -0.2) is 19.5 Å². The summed E-state index contributed by atoms with van der Waals surface area (Å²) in [6.07, 6.45) is 4.59. The Balaban J connectivity index is 2.13. The Bertz CT molecular complexity index is 150. The van der Waals surface area contributed by atoms with Gasteiger partial charge in [-0.3, -0.25) is 0 Å². The number of unbranched alkanes of at least 4 members (excludes halogenated alkanes) is 2. The minimum atomic E-state index is -0.0643. The molecule has 0 amide bonds. The molecular weight excluding hydrogens is 168 g/mol. The average Bonchev–Trinajstić information content (AvgIpc) is 2.19. The molecule has 0 radical (unpaired) electrons. The van der Waals surface area contributed by atoms with Crippen LogP contribution in [0.15, 0.2) is 12.2 Å². The molecule has 0 aromatic heterocycles. The molecule has 0 bridgehead atoms. The van der Waals surface area contributed by atoms with Crippen molar-refractivity contribution in [2.75, 3.05) is 13.4 Å². The quantitative estimate of drug-likeness (QED) is 0.375. The Morgan fingerprint density at radius 3 is 2.92 bits per heavy atom. The molecule has 0 N–H and O–H groups in total. The fourth-order valence-electron chi connectivity index (χ4n) is 1.28. The van der Waals surface area contributed by atoms with Crippen molar-refractivity contribution < 1.29 is 14.5 Å². The maximum atomic E-state index is 5.10. The third kappa shape index (κ3) is 3.89. The molecule has 76 valence electrons. The number of hydrogen-bond donors (Lipinski definition) is 0. The van der Waals surface area contributed by atoms with Gasteiger partial charge in [0.2, 0.25) is 0 Å². The predicted octanol–water partition coefficient (Wildman–Crippen LogP) is 2.43. The zero-order valence-electron chi connectivity index (χ0n) is 8.25. The molecular formula is C10H18O3. The zero-order chi connectivity index (χ0) is 9.52. The van der Waals surface area contributed by atoms with Crippen LogP contribution in [-0.2, 0) is 14.5 Å². The summed E-state index contributed by atoms with van der Waals surface area (Å²) in [5.74, 6) is 0. The fourth-order valence-corrected chi connectivity index (χ4v) is 1.28. The molecule has 0 aliphatic carbocycles. The van der Waals surface area contributed by atoms with E-state index in [1.807, 2.05) is 0 Å². The summed E-state index contributed by atoms with van der Waals surface area (Å²) in [7, 11) is 0. The van der Waals surface area contributed by atoms with Gasteiger partial charge in [0.05, 0.1) is 6.61 Å². The summed E-state index contributed by atoms with van der Waals surface area (Å²) < 4.78 is 5.10. The van der Waals surface area contributed by atoms with Gasteiger partial charge in [-0.1, -0.05) is 26.3 Å². The standard InChI is InChI=1S/C10H18O3/c1-3-4-5-6-9(2)10-7-11-8-12-13-10/h10H,2-8H2,1H3. The molecule has 1 aliphatic heterocycles. The van der Waals surface area contributed by atoms with Gasteiger partial charge >= 0.3 is 0 Å². The summed E-state index contributed by atoms with van der Waals surface area (Å²) >= 11 is 0. The van der Waals surface area contributed by atoms with E-state index in [1.54, 1.807) is 0 Å². The van der Waals surface area contributed by atoms with Gasteiger partial charge < -0.3 is 4.74 Å². The van der Waals surface area contributed by atoms with E-state index in [9.17, 15) is 0 Å². The molecule has 1 fully saturated rings. The highest BCUT2D eigenvalue weighted by molar-refractivity contribution is 5.02. The first-order valence-electron chi connectivity index (χ1n) is 4.88. The lowest BCUT2D eigenvalue weighted by Gasteiger charge is -2.23. The first-order chi connectivity index (χ1) is 6.34. The highest BCUT2D eigenvalue weighted by Crippen LogP contribution is 2.16. The van der Waals surface area contributed by atoms with E-state index in [0.717, 1.165) is 12.0 Å². The van der Waals surface area contributed by atoms with Gasteiger partial charge in [-0.05, 0) is 18.4 Å². The molecule has 0 aromatic carbocycles. The largest absolute Gasteiger partial charge is 0.349 e. The summed E-state index contributed by atoms with van der Waals surface area (Å²) in [4.78, 5) is 9.77. The van der Waals surface area contributed by atoms with Gasteiger partial charge in [-0.15, -0.1) is 0 Å². The summed E-state index contributed by atoms with van der Waals surface area (Å²) in [6.45, 7) is 6.96. The molecule has 1 aliphatic rings. The van der Waals surface area contributed by atoms with Crippen LogP contribution in [0, 0.1) is 0 Å². The van der Waals surface area contributed by atoms with Crippen molar-refractivity contribution in [1.29, 1.82) is 0 Å². The highest BCUT2D eigenvalue weighted by Gasteiger charge is 2.18. The van der Waals surface area contributed by atoms with Crippen LogP contribution >= 0.6 is 0 Å². The van der Waals surface area contributed by atoms with Crippen molar-refractivity contribution in [3.05, 3.63) is 12.2 Å². The van der Waals surface area contributed by atoms with Crippen LogP contribution in [0.25, 0.3) is 0 Å². The van der Waals surface area contributed by atoms with E-state index in [4.69, 9.17) is 14.5 Å². The molecule has 1 atom stereocenters. The summed E-state index contributed by atoms with van der Waals surface area (Å²) in [5, 5.41) is 0. The lowest BCUT2D eigenvalue weighted by Crippen LogP contribution is -2.28. The third-order valence-electron chi connectivity index (χ3n) is 2.14. The van der Waals surface area contributed by atoms with Crippen LogP contribution in [0.1, 0.15) is 32.6 Å². The van der Waals surface area contributed by atoms with E-state index < -0.39 is 0 Å². The van der Waals surface area contributed by atoms with E-state index in [0.29, 0.717) is 6.61 Å². The SMILES string of the molecule is C=C(CCCCC)C1COCOO1. The van der Waals surface area contributed by atoms with E-state index in [1.165, 1.54) is 19.3 Å². The van der Waals surface area contributed by atoms with Gasteiger partial charge in [0.15, 0.2) is 6.79 Å². The van der Waals surface area contributed by atoms with Gasteiger partial charge in [-0.2, -0.15) is 0 Å². The Kier molecular flexibility index (Phi) is 5.05.